The number of carbonyl (C=O) groups excluding carboxylic acids is 2. The van der Waals surface area contributed by atoms with Gasteiger partial charge in [0.2, 0.25) is 5.91 Å². The maximum Gasteiger partial charge on any atom is 0.410 e. The first-order valence-electron chi connectivity index (χ1n) is 9.63. The molecule has 2 amide bonds. The zero-order valence-electron chi connectivity index (χ0n) is 16.7. The molecule has 1 aliphatic carbocycles. The molecular formula is C20H24Cl2F3N3O2. The number of alkyl halides is 3. The van der Waals surface area contributed by atoms with E-state index in [2.05, 4.69) is 10.6 Å². The van der Waals surface area contributed by atoms with Crippen LogP contribution in [-0.2, 0) is 4.79 Å². The first-order chi connectivity index (χ1) is 13.8. The summed E-state index contributed by atoms with van der Waals surface area (Å²) in [7, 11) is 0. The van der Waals surface area contributed by atoms with Gasteiger partial charge in [0.15, 0.2) is 0 Å². The highest BCUT2D eigenvalue weighted by atomic mass is 35.5. The van der Waals surface area contributed by atoms with Gasteiger partial charge in [-0.15, -0.1) is 0 Å². The normalized spacial score (nSPS) is 19.2. The van der Waals surface area contributed by atoms with Crippen molar-refractivity contribution in [3.05, 3.63) is 33.8 Å². The van der Waals surface area contributed by atoms with Gasteiger partial charge in [-0.05, 0) is 56.2 Å². The summed E-state index contributed by atoms with van der Waals surface area (Å²) < 4.78 is 38.6. The molecule has 5 nitrogen and oxygen atoms in total. The molecule has 1 saturated heterocycles. The fourth-order valence-corrected chi connectivity index (χ4v) is 4.79. The van der Waals surface area contributed by atoms with Crippen molar-refractivity contribution in [3.63, 3.8) is 0 Å². The second kappa shape index (κ2) is 8.20. The Morgan fingerprint density at radius 1 is 1.13 bits per heavy atom. The monoisotopic (exact) mass is 465 g/mol. The Balaban J connectivity index is 1.37. The predicted molar refractivity (Wildman–Crippen MR) is 109 cm³/mol. The van der Waals surface area contributed by atoms with Crippen LogP contribution in [-0.4, -0.2) is 54.6 Å². The van der Waals surface area contributed by atoms with E-state index in [9.17, 15) is 22.8 Å². The highest BCUT2D eigenvalue weighted by Gasteiger charge is 2.53. The minimum absolute atomic E-state index is 0.0435. The van der Waals surface area contributed by atoms with E-state index in [-0.39, 0.29) is 17.9 Å². The Hall–Kier alpha value is -1.51. The van der Waals surface area contributed by atoms with Gasteiger partial charge in [-0.3, -0.25) is 14.5 Å². The molecule has 0 aromatic heterocycles. The molecule has 166 valence electrons. The van der Waals surface area contributed by atoms with Crippen LogP contribution < -0.4 is 10.6 Å². The lowest BCUT2D eigenvalue weighted by Gasteiger charge is -2.59. The predicted octanol–water partition coefficient (Wildman–Crippen LogP) is 3.89. The van der Waals surface area contributed by atoms with E-state index in [4.69, 9.17) is 23.2 Å². The van der Waals surface area contributed by atoms with Crippen molar-refractivity contribution in [2.45, 2.75) is 38.4 Å². The van der Waals surface area contributed by atoms with Crippen molar-refractivity contribution < 1.29 is 22.8 Å². The summed E-state index contributed by atoms with van der Waals surface area (Å²) in [5.41, 5.74) is -1.74. The van der Waals surface area contributed by atoms with Gasteiger partial charge in [0.1, 0.15) is 5.54 Å². The molecule has 30 heavy (non-hydrogen) atoms. The smallest absolute Gasteiger partial charge is 0.352 e. The van der Waals surface area contributed by atoms with E-state index in [1.54, 1.807) is 18.2 Å². The number of hydrogen-bond donors (Lipinski definition) is 2. The molecule has 0 bridgehead atoms. The topological polar surface area (TPSA) is 61.4 Å². The molecule has 0 radical (unpaired) electrons. The maximum atomic E-state index is 12.9. The summed E-state index contributed by atoms with van der Waals surface area (Å²) >= 11 is 11.8. The van der Waals surface area contributed by atoms with Crippen LogP contribution in [0.5, 0.6) is 0 Å². The number of halogens is 5. The lowest BCUT2D eigenvalue weighted by atomic mass is 9.57. The average Bonchev–Trinajstić information content (AvgIpc) is 2.51. The van der Waals surface area contributed by atoms with Crippen LogP contribution >= 0.6 is 23.2 Å². The van der Waals surface area contributed by atoms with Gasteiger partial charge in [0, 0.05) is 35.2 Å². The van der Waals surface area contributed by atoms with Gasteiger partial charge in [-0.25, -0.2) is 0 Å². The lowest BCUT2D eigenvalue weighted by molar-refractivity contribution is -0.189. The minimum atomic E-state index is -4.50. The van der Waals surface area contributed by atoms with Crippen molar-refractivity contribution in [2.24, 2.45) is 11.3 Å². The number of nitrogens with one attached hydrogen (secondary N) is 2. The Morgan fingerprint density at radius 2 is 1.70 bits per heavy atom. The molecule has 2 N–H and O–H groups in total. The van der Waals surface area contributed by atoms with Crippen molar-refractivity contribution in [2.75, 3.05) is 26.2 Å². The third-order valence-corrected chi connectivity index (χ3v) is 6.20. The summed E-state index contributed by atoms with van der Waals surface area (Å²) in [5, 5.41) is 5.73. The highest BCUT2D eigenvalue weighted by molar-refractivity contribution is 6.35. The standard InChI is InChI=1S/C20H24Cl2F3N3O2/c1-18(2,20(23,24)25)27-16(29)9-28-10-19(11-28)6-12(7-19)8-26-17(30)13-3-14(21)5-15(22)4-13/h3-5,12H,6-11H2,1-2H3,(H,26,30)(H,27,29). The zero-order chi connectivity index (χ0) is 22.3. The number of benzene rings is 1. The van der Waals surface area contributed by atoms with E-state index in [1.165, 1.54) is 0 Å². The molecule has 3 rings (SSSR count). The molecule has 1 spiro atoms. The van der Waals surface area contributed by atoms with Gasteiger partial charge in [0.05, 0.1) is 6.54 Å². The third kappa shape index (κ3) is 5.21. The lowest BCUT2D eigenvalue weighted by Crippen LogP contribution is -2.65. The molecule has 1 aromatic rings. The molecule has 1 heterocycles. The summed E-state index contributed by atoms with van der Waals surface area (Å²) in [6, 6.07) is 4.67. The number of amides is 2. The molecule has 2 aliphatic rings. The Kier molecular flexibility index (Phi) is 6.33. The highest BCUT2D eigenvalue weighted by Crippen LogP contribution is 2.51. The maximum absolute atomic E-state index is 12.9. The van der Waals surface area contributed by atoms with Crippen molar-refractivity contribution in [1.82, 2.24) is 15.5 Å². The molecule has 1 saturated carbocycles. The van der Waals surface area contributed by atoms with E-state index in [0.29, 0.717) is 41.2 Å². The average molecular weight is 466 g/mol. The van der Waals surface area contributed by atoms with Crippen molar-refractivity contribution >= 4 is 35.0 Å². The second-order valence-corrected chi connectivity index (χ2v) is 9.83. The summed E-state index contributed by atoms with van der Waals surface area (Å²) in [4.78, 5) is 26.0. The first kappa shape index (κ1) is 23.2. The Labute approximate surface area is 183 Å². The Bertz CT molecular complexity index is 811. The fourth-order valence-electron chi connectivity index (χ4n) is 4.27. The molecule has 2 fully saturated rings. The molecular weight excluding hydrogens is 442 g/mol. The molecule has 1 aromatic carbocycles. The van der Waals surface area contributed by atoms with Crippen LogP contribution in [0.15, 0.2) is 18.2 Å². The van der Waals surface area contributed by atoms with E-state index >= 15 is 0 Å². The molecule has 1 aliphatic heterocycles. The van der Waals surface area contributed by atoms with Gasteiger partial charge >= 0.3 is 6.18 Å². The summed E-state index contributed by atoms with van der Waals surface area (Å²) in [6.07, 6.45) is -2.67. The van der Waals surface area contributed by atoms with Crippen LogP contribution in [0.4, 0.5) is 13.2 Å². The number of nitrogens with zero attached hydrogens (tertiary/aromatic N) is 1. The van der Waals surface area contributed by atoms with Gasteiger partial charge < -0.3 is 10.6 Å². The van der Waals surface area contributed by atoms with Gasteiger partial charge in [-0.1, -0.05) is 23.2 Å². The van der Waals surface area contributed by atoms with Crippen molar-refractivity contribution in [1.29, 1.82) is 0 Å². The fraction of sp³-hybridized carbons (Fsp3) is 0.600. The molecule has 10 heteroatoms. The van der Waals surface area contributed by atoms with Gasteiger partial charge in [0.25, 0.3) is 5.91 Å². The van der Waals surface area contributed by atoms with E-state index in [0.717, 1.165) is 26.7 Å². The zero-order valence-corrected chi connectivity index (χ0v) is 18.2. The van der Waals surface area contributed by atoms with E-state index in [1.807, 2.05) is 4.90 Å². The third-order valence-electron chi connectivity index (χ3n) is 5.77. The van der Waals surface area contributed by atoms with Gasteiger partial charge in [-0.2, -0.15) is 13.2 Å². The molecule has 0 atom stereocenters. The quantitative estimate of drug-likeness (QED) is 0.669. The summed E-state index contributed by atoms with van der Waals surface area (Å²) in [5.74, 6) is -0.529. The van der Waals surface area contributed by atoms with Crippen LogP contribution in [0.3, 0.4) is 0 Å². The number of likely N-dealkylation sites (tertiary alicyclic amines) is 1. The largest absolute Gasteiger partial charge is 0.410 e. The first-order valence-corrected chi connectivity index (χ1v) is 10.4. The SMILES string of the molecule is CC(C)(NC(=O)CN1CC2(CC(CNC(=O)c3cc(Cl)cc(Cl)c3)C2)C1)C(F)(F)F. The van der Waals surface area contributed by atoms with Crippen LogP contribution in [0.25, 0.3) is 0 Å². The van der Waals surface area contributed by atoms with E-state index < -0.39 is 17.6 Å². The van der Waals surface area contributed by atoms with Crippen LogP contribution in [0.2, 0.25) is 10.0 Å². The molecule has 0 unspecified atom stereocenters. The number of rotatable bonds is 6. The minimum Gasteiger partial charge on any atom is -0.352 e. The van der Waals surface area contributed by atoms with Crippen molar-refractivity contribution in [3.8, 4) is 0 Å². The Morgan fingerprint density at radius 3 is 2.23 bits per heavy atom. The number of carbonyl (C=O) groups is 2. The number of hydrogen-bond acceptors (Lipinski definition) is 3. The van der Waals surface area contributed by atoms with Crippen LogP contribution in [0.1, 0.15) is 37.0 Å². The van der Waals surface area contributed by atoms with Crippen LogP contribution in [0, 0.1) is 11.3 Å². The summed E-state index contributed by atoms with van der Waals surface area (Å²) in [6.45, 7) is 3.75. The second-order valence-electron chi connectivity index (χ2n) is 8.96.